The minimum Gasteiger partial charge on any atom is -0.323 e. The van der Waals surface area contributed by atoms with Gasteiger partial charge in [-0.1, -0.05) is 12.8 Å². The second kappa shape index (κ2) is 3.73. The van der Waals surface area contributed by atoms with Gasteiger partial charge < -0.3 is 5.73 Å². The van der Waals surface area contributed by atoms with Crippen molar-refractivity contribution in [3.63, 3.8) is 0 Å². The molecule has 3 heteroatoms. The summed E-state index contributed by atoms with van der Waals surface area (Å²) in [5, 5.41) is 4.45. The van der Waals surface area contributed by atoms with E-state index in [1.807, 2.05) is 18.7 Å². The topological polar surface area (TPSA) is 43.8 Å². The number of aromatic nitrogens is 2. The molecule has 1 fully saturated rings. The van der Waals surface area contributed by atoms with Crippen LogP contribution in [-0.4, -0.2) is 9.78 Å². The fourth-order valence-corrected chi connectivity index (χ4v) is 2.33. The molecule has 0 spiro atoms. The minimum absolute atomic E-state index is 0.0522. The van der Waals surface area contributed by atoms with Gasteiger partial charge in [0.1, 0.15) is 0 Å². The largest absolute Gasteiger partial charge is 0.323 e. The molecule has 1 atom stereocenters. The van der Waals surface area contributed by atoms with E-state index in [9.17, 15) is 0 Å². The maximum Gasteiger partial charge on any atom is 0.0791 e. The molecular formula is C11H19N3. The van der Waals surface area contributed by atoms with E-state index in [1.165, 1.54) is 31.4 Å². The quantitative estimate of drug-likeness (QED) is 0.781. The van der Waals surface area contributed by atoms with Crippen LogP contribution in [0.15, 0.2) is 6.07 Å². The zero-order valence-electron chi connectivity index (χ0n) is 9.03. The van der Waals surface area contributed by atoms with Crippen LogP contribution in [0.2, 0.25) is 0 Å². The Bertz CT molecular complexity index is 308. The molecule has 1 aromatic heterocycles. The highest BCUT2D eigenvalue weighted by molar-refractivity contribution is 5.17. The van der Waals surface area contributed by atoms with Crippen LogP contribution in [0.5, 0.6) is 0 Å². The average Bonchev–Trinajstić information content (AvgIpc) is 2.71. The highest BCUT2D eigenvalue weighted by Gasteiger charge is 2.21. The van der Waals surface area contributed by atoms with Crippen LogP contribution in [0, 0.1) is 0 Å². The second-order valence-corrected chi connectivity index (χ2v) is 4.39. The molecule has 1 aliphatic carbocycles. The lowest BCUT2D eigenvalue weighted by Crippen LogP contribution is -2.06. The van der Waals surface area contributed by atoms with Crippen LogP contribution in [0.4, 0.5) is 0 Å². The summed E-state index contributed by atoms with van der Waals surface area (Å²) in [7, 11) is 2.03. The van der Waals surface area contributed by atoms with Crippen molar-refractivity contribution in [2.45, 2.75) is 44.6 Å². The third kappa shape index (κ3) is 1.69. The Labute approximate surface area is 85.3 Å². The summed E-state index contributed by atoms with van der Waals surface area (Å²) in [6, 6.07) is 2.23. The van der Waals surface area contributed by atoms with E-state index >= 15 is 0 Å². The van der Waals surface area contributed by atoms with Gasteiger partial charge in [0, 0.05) is 24.7 Å². The van der Waals surface area contributed by atoms with E-state index in [0.717, 1.165) is 11.6 Å². The second-order valence-electron chi connectivity index (χ2n) is 4.39. The van der Waals surface area contributed by atoms with E-state index in [1.54, 1.807) is 0 Å². The number of nitrogens with zero attached hydrogens (tertiary/aromatic N) is 2. The molecule has 0 saturated heterocycles. The van der Waals surface area contributed by atoms with Gasteiger partial charge in [-0.3, -0.25) is 4.68 Å². The van der Waals surface area contributed by atoms with Crippen molar-refractivity contribution < 1.29 is 0 Å². The molecule has 0 bridgehead atoms. The van der Waals surface area contributed by atoms with Crippen LogP contribution in [-0.2, 0) is 7.05 Å². The molecule has 78 valence electrons. The van der Waals surface area contributed by atoms with Gasteiger partial charge in [0.2, 0.25) is 0 Å². The lowest BCUT2D eigenvalue weighted by Gasteiger charge is -2.07. The molecule has 1 aromatic rings. The van der Waals surface area contributed by atoms with Crippen LogP contribution in [0.25, 0.3) is 0 Å². The standard InChI is InChI=1S/C11H19N3/c1-8(12)10-7-11(14(2)13-10)9-5-3-4-6-9/h7-9H,3-6,12H2,1-2H3. The van der Waals surface area contributed by atoms with Gasteiger partial charge in [0.05, 0.1) is 5.69 Å². The van der Waals surface area contributed by atoms with Crippen molar-refractivity contribution in [2.24, 2.45) is 12.8 Å². The summed E-state index contributed by atoms with van der Waals surface area (Å²) < 4.78 is 2.01. The monoisotopic (exact) mass is 193 g/mol. The van der Waals surface area contributed by atoms with Crippen molar-refractivity contribution in [1.29, 1.82) is 0 Å². The van der Waals surface area contributed by atoms with Gasteiger partial charge in [-0.15, -0.1) is 0 Å². The Hall–Kier alpha value is -0.830. The van der Waals surface area contributed by atoms with E-state index < -0.39 is 0 Å². The highest BCUT2D eigenvalue weighted by atomic mass is 15.3. The number of hydrogen-bond donors (Lipinski definition) is 1. The molecule has 0 aromatic carbocycles. The van der Waals surface area contributed by atoms with Crippen molar-refractivity contribution in [3.05, 3.63) is 17.5 Å². The predicted molar refractivity (Wildman–Crippen MR) is 57.0 cm³/mol. The number of hydrogen-bond acceptors (Lipinski definition) is 2. The summed E-state index contributed by atoms with van der Waals surface area (Å²) in [4.78, 5) is 0. The average molecular weight is 193 g/mol. The molecule has 0 amide bonds. The minimum atomic E-state index is 0.0522. The lowest BCUT2D eigenvalue weighted by atomic mass is 10.0. The van der Waals surface area contributed by atoms with Crippen LogP contribution >= 0.6 is 0 Å². The molecule has 3 nitrogen and oxygen atoms in total. The van der Waals surface area contributed by atoms with Gasteiger partial charge in [-0.05, 0) is 25.8 Å². The molecule has 1 unspecified atom stereocenters. The first-order valence-corrected chi connectivity index (χ1v) is 5.48. The van der Waals surface area contributed by atoms with E-state index in [-0.39, 0.29) is 6.04 Å². The summed E-state index contributed by atoms with van der Waals surface area (Å²) >= 11 is 0. The Morgan fingerprint density at radius 1 is 1.50 bits per heavy atom. The fraction of sp³-hybridized carbons (Fsp3) is 0.727. The molecule has 2 N–H and O–H groups in total. The number of nitrogens with two attached hydrogens (primary N) is 1. The summed E-state index contributed by atoms with van der Waals surface area (Å²) in [6.07, 6.45) is 5.36. The molecule has 0 aliphatic heterocycles. The fourth-order valence-electron chi connectivity index (χ4n) is 2.33. The maximum absolute atomic E-state index is 5.82. The van der Waals surface area contributed by atoms with E-state index in [0.29, 0.717) is 0 Å². The lowest BCUT2D eigenvalue weighted by molar-refractivity contribution is 0.609. The van der Waals surface area contributed by atoms with Crippen molar-refractivity contribution >= 4 is 0 Å². The molecule has 1 saturated carbocycles. The number of aryl methyl sites for hydroxylation is 1. The smallest absolute Gasteiger partial charge is 0.0791 e. The Morgan fingerprint density at radius 2 is 2.14 bits per heavy atom. The van der Waals surface area contributed by atoms with E-state index in [2.05, 4.69) is 11.2 Å². The third-order valence-corrected chi connectivity index (χ3v) is 3.17. The first-order valence-electron chi connectivity index (χ1n) is 5.48. The summed E-state index contributed by atoms with van der Waals surface area (Å²) in [5.41, 5.74) is 8.21. The van der Waals surface area contributed by atoms with Crippen LogP contribution in [0.3, 0.4) is 0 Å². The van der Waals surface area contributed by atoms with Gasteiger partial charge in [0.25, 0.3) is 0 Å². The molecule has 14 heavy (non-hydrogen) atoms. The SMILES string of the molecule is CC(N)c1cc(C2CCCC2)n(C)n1. The maximum atomic E-state index is 5.82. The first-order chi connectivity index (χ1) is 6.68. The number of rotatable bonds is 2. The summed E-state index contributed by atoms with van der Waals surface area (Å²) in [6.45, 7) is 1.99. The Balaban J connectivity index is 2.24. The zero-order chi connectivity index (χ0) is 10.1. The third-order valence-electron chi connectivity index (χ3n) is 3.17. The molecule has 1 aliphatic rings. The van der Waals surface area contributed by atoms with Crippen molar-refractivity contribution in [3.8, 4) is 0 Å². The first kappa shape index (κ1) is 9.71. The van der Waals surface area contributed by atoms with Crippen LogP contribution < -0.4 is 5.73 Å². The predicted octanol–water partition coefficient (Wildman–Crippen LogP) is 2.10. The zero-order valence-corrected chi connectivity index (χ0v) is 9.03. The van der Waals surface area contributed by atoms with Crippen LogP contribution in [0.1, 0.15) is 56.0 Å². The summed E-state index contributed by atoms with van der Waals surface area (Å²) in [5.74, 6) is 0.722. The molecule has 0 radical (unpaired) electrons. The van der Waals surface area contributed by atoms with Crippen molar-refractivity contribution in [2.75, 3.05) is 0 Å². The van der Waals surface area contributed by atoms with Gasteiger partial charge in [-0.2, -0.15) is 5.10 Å². The van der Waals surface area contributed by atoms with Gasteiger partial charge in [-0.25, -0.2) is 0 Å². The molecule has 2 rings (SSSR count). The van der Waals surface area contributed by atoms with Gasteiger partial charge in [0.15, 0.2) is 0 Å². The highest BCUT2D eigenvalue weighted by Crippen LogP contribution is 2.34. The van der Waals surface area contributed by atoms with Crippen molar-refractivity contribution in [1.82, 2.24) is 9.78 Å². The normalized spacial score (nSPS) is 20.2. The molecular weight excluding hydrogens is 174 g/mol. The molecule has 1 heterocycles. The van der Waals surface area contributed by atoms with Gasteiger partial charge >= 0.3 is 0 Å². The van der Waals surface area contributed by atoms with E-state index in [4.69, 9.17) is 5.73 Å². The Morgan fingerprint density at radius 3 is 2.64 bits per heavy atom. The Kier molecular flexibility index (Phi) is 2.59.